The maximum atomic E-state index is 13.0. The third-order valence-electron chi connectivity index (χ3n) is 4.53. The van der Waals surface area contributed by atoms with Crippen molar-refractivity contribution in [1.82, 2.24) is 4.90 Å². The van der Waals surface area contributed by atoms with Crippen LogP contribution >= 0.6 is 0 Å². The van der Waals surface area contributed by atoms with E-state index in [4.69, 9.17) is 5.73 Å². The number of carbonyl (C=O) groups excluding carboxylic acids is 1. The first kappa shape index (κ1) is 15.8. The SMILES string of the molecule is CC(C)(C(=O)N(CCO)C1CCCC1)c1ccc(N)cc1. The molecule has 2 rings (SSSR count). The number of nitrogens with two attached hydrogens (primary N) is 1. The number of anilines is 1. The number of amides is 1. The standard InChI is InChI=1S/C17H26N2O2/c1-17(2,13-7-9-14(18)10-8-13)16(21)19(11-12-20)15-5-3-4-6-15/h7-10,15,20H,3-6,11-12,18H2,1-2H3. The Morgan fingerprint density at radius 1 is 1.29 bits per heavy atom. The van der Waals surface area contributed by atoms with Crippen molar-refractivity contribution < 1.29 is 9.90 Å². The fourth-order valence-electron chi connectivity index (χ4n) is 3.16. The van der Waals surface area contributed by atoms with E-state index in [2.05, 4.69) is 0 Å². The molecule has 0 saturated heterocycles. The van der Waals surface area contributed by atoms with E-state index >= 15 is 0 Å². The van der Waals surface area contributed by atoms with Gasteiger partial charge in [-0.25, -0.2) is 0 Å². The van der Waals surface area contributed by atoms with E-state index in [-0.39, 0.29) is 18.6 Å². The molecule has 1 aliphatic rings. The first-order valence-electron chi connectivity index (χ1n) is 7.74. The van der Waals surface area contributed by atoms with E-state index in [0.717, 1.165) is 18.4 Å². The van der Waals surface area contributed by atoms with Gasteiger partial charge in [-0.05, 0) is 44.4 Å². The molecule has 1 amide bonds. The fraction of sp³-hybridized carbons (Fsp3) is 0.588. The molecule has 0 bridgehead atoms. The molecular formula is C17H26N2O2. The van der Waals surface area contributed by atoms with Gasteiger partial charge in [0, 0.05) is 18.3 Å². The smallest absolute Gasteiger partial charge is 0.232 e. The third kappa shape index (κ3) is 3.38. The monoisotopic (exact) mass is 290 g/mol. The summed E-state index contributed by atoms with van der Waals surface area (Å²) in [5.74, 6) is 0.0909. The van der Waals surface area contributed by atoms with E-state index in [1.54, 1.807) is 0 Å². The predicted octanol–water partition coefficient (Wildman–Crippen LogP) is 2.31. The summed E-state index contributed by atoms with van der Waals surface area (Å²) in [6.45, 7) is 4.32. The summed E-state index contributed by atoms with van der Waals surface area (Å²) < 4.78 is 0. The average Bonchev–Trinajstić information content (AvgIpc) is 2.98. The highest BCUT2D eigenvalue weighted by molar-refractivity contribution is 5.87. The van der Waals surface area contributed by atoms with Crippen LogP contribution < -0.4 is 5.73 Å². The summed E-state index contributed by atoms with van der Waals surface area (Å²) in [6.07, 6.45) is 4.43. The van der Waals surface area contributed by atoms with Crippen molar-refractivity contribution in [2.75, 3.05) is 18.9 Å². The number of hydrogen-bond donors (Lipinski definition) is 2. The Bertz CT molecular complexity index is 476. The molecule has 0 heterocycles. The normalized spacial score (nSPS) is 16.1. The highest BCUT2D eigenvalue weighted by Crippen LogP contribution is 2.31. The summed E-state index contributed by atoms with van der Waals surface area (Å²) >= 11 is 0. The number of aliphatic hydroxyl groups excluding tert-OH is 1. The maximum absolute atomic E-state index is 13.0. The number of carbonyl (C=O) groups is 1. The van der Waals surface area contributed by atoms with E-state index < -0.39 is 5.41 Å². The van der Waals surface area contributed by atoms with Gasteiger partial charge >= 0.3 is 0 Å². The number of benzene rings is 1. The van der Waals surface area contributed by atoms with Crippen LogP contribution in [0.5, 0.6) is 0 Å². The fourth-order valence-corrected chi connectivity index (χ4v) is 3.16. The summed E-state index contributed by atoms with van der Waals surface area (Å²) in [7, 11) is 0. The first-order valence-corrected chi connectivity index (χ1v) is 7.74. The maximum Gasteiger partial charge on any atom is 0.232 e. The van der Waals surface area contributed by atoms with Gasteiger partial charge in [-0.2, -0.15) is 0 Å². The second kappa shape index (κ2) is 6.48. The summed E-state index contributed by atoms with van der Waals surface area (Å²) in [4.78, 5) is 14.9. The Labute approximate surface area is 126 Å². The molecule has 1 aromatic rings. The first-order chi connectivity index (χ1) is 9.96. The third-order valence-corrected chi connectivity index (χ3v) is 4.53. The Hall–Kier alpha value is -1.55. The molecule has 4 heteroatoms. The molecule has 0 atom stereocenters. The molecular weight excluding hydrogens is 264 g/mol. The molecule has 0 spiro atoms. The van der Waals surface area contributed by atoms with Crippen LogP contribution in [0.4, 0.5) is 5.69 Å². The number of nitrogen functional groups attached to an aromatic ring is 1. The van der Waals surface area contributed by atoms with Crippen LogP contribution in [0.25, 0.3) is 0 Å². The van der Waals surface area contributed by atoms with Crippen molar-refractivity contribution in [2.45, 2.75) is 51.0 Å². The quantitative estimate of drug-likeness (QED) is 0.818. The van der Waals surface area contributed by atoms with Gasteiger partial charge in [0.05, 0.1) is 12.0 Å². The lowest BCUT2D eigenvalue weighted by atomic mass is 9.82. The minimum absolute atomic E-state index is 0.0139. The van der Waals surface area contributed by atoms with Crippen molar-refractivity contribution in [3.63, 3.8) is 0 Å². The van der Waals surface area contributed by atoms with E-state index in [1.807, 2.05) is 43.0 Å². The average molecular weight is 290 g/mol. The molecule has 0 aromatic heterocycles. The molecule has 3 N–H and O–H groups in total. The Morgan fingerprint density at radius 2 is 1.86 bits per heavy atom. The second-order valence-corrected chi connectivity index (χ2v) is 6.41. The van der Waals surface area contributed by atoms with Gasteiger partial charge in [-0.15, -0.1) is 0 Å². The zero-order chi connectivity index (χ0) is 15.5. The van der Waals surface area contributed by atoms with Gasteiger partial charge in [-0.1, -0.05) is 25.0 Å². The van der Waals surface area contributed by atoms with Crippen LogP contribution in [-0.4, -0.2) is 35.1 Å². The van der Waals surface area contributed by atoms with Crippen molar-refractivity contribution in [3.8, 4) is 0 Å². The molecule has 4 nitrogen and oxygen atoms in total. The molecule has 21 heavy (non-hydrogen) atoms. The molecule has 1 aliphatic carbocycles. The zero-order valence-corrected chi connectivity index (χ0v) is 13.0. The van der Waals surface area contributed by atoms with Crippen LogP contribution in [0.1, 0.15) is 45.1 Å². The predicted molar refractivity (Wildman–Crippen MR) is 84.9 cm³/mol. The van der Waals surface area contributed by atoms with Crippen molar-refractivity contribution in [1.29, 1.82) is 0 Å². The molecule has 1 aromatic carbocycles. The van der Waals surface area contributed by atoms with Crippen molar-refractivity contribution in [2.24, 2.45) is 0 Å². The van der Waals surface area contributed by atoms with Gasteiger partial charge in [0.1, 0.15) is 0 Å². The minimum Gasteiger partial charge on any atom is -0.399 e. The van der Waals surface area contributed by atoms with Crippen LogP contribution in [0, 0.1) is 0 Å². The number of nitrogens with zero attached hydrogens (tertiary/aromatic N) is 1. The number of aliphatic hydroxyl groups is 1. The Kier molecular flexibility index (Phi) is 4.88. The molecule has 116 valence electrons. The summed E-state index contributed by atoms with van der Waals surface area (Å²) in [6, 6.07) is 7.77. The van der Waals surface area contributed by atoms with Gasteiger partial charge in [0.2, 0.25) is 5.91 Å². The topological polar surface area (TPSA) is 66.6 Å². The van der Waals surface area contributed by atoms with Gasteiger partial charge in [0.15, 0.2) is 0 Å². The molecule has 0 unspecified atom stereocenters. The van der Waals surface area contributed by atoms with Crippen molar-refractivity contribution >= 4 is 11.6 Å². The number of hydrogen-bond acceptors (Lipinski definition) is 3. The van der Waals surface area contributed by atoms with Crippen LogP contribution in [0.15, 0.2) is 24.3 Å². The second-order valence-electron chi connectivity index (χ2n) is 6.41. The lowest BCUT2D eigenvalue weighted by Crippen LogP contribution is -2.49. The molecule has 1 saturated carbocycles. The lowest BCUT2D eigenvalue weighted by molar-refractivity contribution is -0.139. The minimum atomic E-state index is -0.606. The van der Waals surface area contributed by atoms with Crippen LogP contribution in [-0.2, 0) is 10.2 Å². The van der Waals surface area contributed by atoms with E-state index in [9.17, 15) is 9.90 Å². The summed E-state index contributed by atoms with van der Waals surface area (Å²) in [5.41, 5.74) is 6.78. The van der Waals surface area contributed by atoms with Gasteiger partial charge < -0.3 is 15.7 Å². The van der Waals surface area contributed by atoms with Crippen LogP contribution in [0.3, 0.4) is 0 Å². The van der Waals surface area contributed by atoms with Crippen molar-refractivity contribution in [3.05, 3.63) is 29.8 Å². The van der Waals surface area contributed by atoms with Gasteiger partial charge in [0.25, 0.3) is 0 Å². The largest absolute Gasteiger partial charge is 0.399 e. The Morgan fingerprint density at radius 3 is 2.38 bits per heavy atom. The van der Waals surface area contributed by atoms with Gasteiger partial charge in [-0.3, -0.25) is 4.79 Å². The zero-order valence-electron chi connectivity index (χ0n) is 13.0. The highest BCUT2D eigenvalue weighted by Gasteiger charge is 2.37. The lowest BCUT2D eigenvalue weighted by Gasteiger charge is -2.36. The van der Waals surface area contributed by atoms with E-state index in [0.29, 0.717) is 12.2 Å². The Balaban J connectivity index is 2.23. The number of rotatable bonds is 5. The van der Waals surface area contributed by atoms with E-state index in [1.165, 1.54) is 12.8 Å². The van der Waals surface area contributed by atoms with Crippen LogP contribution in [0.2, 0.25) is 0 Å². The molecule has 0 radical (unpaired) electrons. The summed E-state index contributed by atoms with van der Waals surface area (Å²) in [5, 5.41) is 9.31. The molecule has 1 fully saturated rings. The molecule has 0 aliphatic heterocycles. The highest BCUT2D eigenvalue weighted by atomic mass is 16.3.